The van der Waals surface area contributed by atoms with E-state index in [1.54, 1.807) is 12.1 Å². The first-order valence-electron chi connectivity index (χ1n) is 10.6. The highest BCUT2D eigenvalue weighted by atomic mass is 32.2. The van der Waals surface area contributed by atoms with Gasteiger partial charge >= 0.3 is 0 Å². The fraction of sp³-hybridized carbons (Fsp3) is 0.160. The van der Waals surface area contributed by atoms with E-state index in [0.717, 1.165) is 17.3 Å². The molecular formula is C25H22FN3O4S. The van der Waals surface area contributed by atoms with E-state index in [1.165, 1.54) is 24.3 Å². The molecule has 34 heavy (non-hydrogen) atoms. The maximum absolute atomic E-state index is 13.3. The Balaban J connectivity index is 1.48. The summed E-state index contributed by atoms with van der Waals surface area (Å²) in [5.41, 5.74) is 1.36. The fourth-order valence-electron chi connectivity index (χ4n) is 3.07. The number of rotatable bonds is 10. The standard InChI is InChI=1S/C25H22FN3O4S/c1-2-31-21-11-7-6-10-20(21)27-24(30)23(17-8-4-3-5-9-17)34-25-29-28-22(33-25)16-32-19-14-12-18(26)13-15-19/h3-15,23H,2,16H2,1H3,(H,27,30). The summed E-state index contributed by atoms with van der Waals surface area (Å²) in [5, 5.41) is 10.5. The van der Waals surface area contributed by atoms with Crippen LogP contribution in [0.1, 0.15) is 23.6 Å². The lowest BCUT2D eigenvalue weighted by Gasteiger charge is -2.17. The normalized spacial score (nSPS) is 11.6. The van der Waals surface area contributed by atoms with Crippen LogP contribution in [0.4, 0.5) is 10.1 Å². The topological polar surface area (TPSA) is 86.5 Å². The molecule has 0 aliphatic carbocycles. The lowest BCUT2D eigenvalue weighted by atomic mass is 10.1. The van der Waals surface area contributed by atoms with Gasteiger partial charge < -0.3 is 19.2 Å². The highest BCUT2D eigenvalue weighted by Gasteiger charge is 2.26. The molecule has 0 saturated carbocycles. The summed E-state index contributed by atoms with van der Waals surface area (Å²) in [5.74, 6) is 0.695. The number of thioether (sulfide) groups is 1. The van der Waals surface area contributed by atoms with E-state index < -0.39 is 5.25 Å². The second-order valence-corrected chi connectivity index (χ2v) is 8.09. The average molecular weight is 480 g/mol. The van der Waals surface area contributed by atoms with Crippen molar-refractivity contribution in [3.63, 3.8) is 0 Å². The minimum atomic E-state index is -0.651. The van der Waals surface area contributed by atoms with Gasteiger partial charge in [0, 0.05) is 0 Å². The largest absolute Gasteiger partial charge is 0.492 e. The van der Waals surface area contributed by atoms with Gasteiger partial charge in [-0.2, -0.15) is 0 Å². The number of hydrogen-bond acceptors (Lipinski definition) is 7. The van der Waals surface area contributed by atoms with E-state index in [-0.39, 0.29) is 29.4 Å². The fourth-order valence-corrected chi connectivity index (χ4v) is 3.96. The molecule has 0 aliphatic heterocycles. The first-order chi connectivity index (χ1) is 16.6. The Morgan fingerprint density at radius 1 is 1.00 bits per heavy atom. The number of amides is 1. The third-order valence-electron chi connectivity index (χ3n) is 4.63. The molecule has 4 aromatic rings. The summed E-state index contributed by atoms with van der Waals surface area (Å²) >= 11 is 1.13. The van der Waals surface area contributed by atoms with Crippen LogP contribution >= 0.6 is 11.8 Å². The van der Waals surface area contributed by atoms with Gasteiger partial charge in [0.1, 0.15) is 22.6 Å². The predicted octanol–water partition coefficient (Wildman–Crippen LogP) is 5.66. The number of benzene rings is 3. The Hall–Kier alpha value is -3.85. The SMILES string of the molecule is CCOc1ccccc1NC(=O)C(Sc1nnc(COc2ccc(F)cc2)o1)c1ccccc1. The van der Waals surface area contributed by atoms with Gasteiger partial charge in [0.25, 0.3) is 11.1 Å². The van der Waals surface area contributed by atoms with E-state index in [9.17, 15) is 9.18 Å². The Kier molecular flexibility index (Phi) is 7.77. The molecule has 0 spiro atoms. The average Bonchev–Trinajstić information content (AvgIpc) is 3.31. The van der Waals surface area contributed by atoms with Crippen LogP contribution in [0.25, 0.3) is 0 Å². The molecule has 174 valence electrons. The van der Waals surface area contributed by atoms with Crippen LogP contribution < -0.4 is 14.8 Å². The van der Waals surface area contributed by atoms with E-state index in [2.05, 4.69) is 15.5 Å². The van der Waals surface area contributed by atoms with E-state index in [1.807, 2.05) is 49.4 Å². The smallest absolute Gasteiger partial charge is 0.277 e. The highest BCUT2D eigenvalue weighted by molar-refractivity contribution is 8.00. The summed E-state index contributed by atoms with van der Waals surface area (Å²) < 4.78 is 29.9. The molecule has 0 radical (unpaired) electrons. The summed E-state index contributed by atoms with van der Waals surface area (Å²) in [4.78, 5) is 13.3. The van der Waals surface area contributed by atoms with Crippen LogP contribution in [0.2, 0.25) is 0 Å². The van der Waals surface area contributed by atoms with Crippen LogP contribution in [0.15, 0.2) is 88.5 Å². The Morgan fingerprint density at radius 3 is 2.50 bits per heavy atom. The second kappa shape index (κ2) is 11.3. The molecule has 4 rings (SSSR count). The molecule has 0 bridgehead atoms. The first-order valence-corrected chi connectivity index (χ1v) is 11.5. The number of anilines is 1. The van der Waals surface area contributed by atoms with Crippen LogP contribution in [0.5, 0.6) is 11.5 Å². The molecule has 1 amide bonds. The summed E-state index contributed by atoms with van der Waals surface area (Å²) in [6.45, 7) is 2.38. The number of carbonyl (C=O) groups excluding carboxylic acids is 1. The van der Waals surface area contributed by atoms with Gasteiger partial charge in [0.15, 0.2) is 6.61 Å². The van der Waals surface area contributed by atoms with Crippen molar-refractivity contribution in [1.82, 2.24) is 10.2 Å². The Labute approximate surface area is 200 Å². The number of aromatic nitrogens is 2. The second-order valence-electron chi connectivity index (χ2n) is 7.03. The molecular weight excluding hydrogens is 457 g/mol. The van der Waals surface area contributed by atoms with Crippen molar-refractivity contribution >= 4 is 23.4 Å². The van der Waals surface area contributed by atoms with Crippen molar-refractivity contribution in [2.45, 2.75) is 24.0 Å². The molecule has 0 aliphatic rings. The lowest BCUT2D eigenvalue weighted by Crippen LogP contribution is -2.19. The Bertz CT molecular complexity index is 1220. The number of para-hydroxylation sites is 2. The monoisotopic (exact) mass is 479 g/mol. The Morgan fingerprint density at radius 2 is 1.74 bits per heavy atom. The van der Waals surface area contributed by atoms with Crippen molar-refractivity contribution < 1.29 is 23.1 Å². The summed E-state index contributed by atoms with van der Waals surface area (Å²) in [6, 6.07) is 22.2. The maximum atomic E-state index is 13.3. The number of hydrogen-bond donors (Lipinski definition) is 1. The van der Waals surface area contributed by atoms with Gasteiger partial charge in [-0.05, 0) is 60.6 Å². The van der Waals surface area contributed by atoms with Crippen molar-refractivity contribution in [3.05, 3.63) is 96.1 Å². The minimum Gasteiger partial charge on any atom is -0.492 e. The third-order valence-corrected chi connectivity index (χ3v) is 5.72. The molecule has 1 unspecified atom stereocenters. The molecule has 7 nitrogen and oxygen atoms in total. The van der Waals surface area contributed by atoms with Gasteiger partial charge in [-0.3, -0.25) is 4.79 Å². The molecule has 9 heteroatoms. The first kappa shape index (κ1) is 23.3. The zero-order chi connectivity index (χ0) is 23.8. The van der Waals surface area contributed by atoms with Crippen LogP contribution in [-0.2, 0) is 11.4 Å². The molecule has 1 atom stereocenters. The molecule has 1 heterocycles. The highest BCUT2D eigenvalue weighted by Crippen LogP contribution is 2.36. The lowest BCUT2D eigenvalue weighted by molar-refractivity contribution is -0.115. The van der Waals surface area contributed by atoms with Gasteiger partial charge in [0.05, 0.1) is 12.3 Å². The molecule has 1 aromatic heterocycles. The summed E-state index contributed by atoms with van der Waals surface area (Å²) in [6.07, 6.45) is 0. The van der Waals surface area contributed by atoms with E-state index in [4.69, 9.17) is 13.9 Å². The van der Waals surface area contributed by atoms with Crippen molar-refractivity contribution in [1.29, 1.82) is 0 Å². The molecule has 1 N–H and O–H groups in total. The van der Waals surface area contributed by atoms with Crippen molar-refractivity contribution in [2.75, 3.05) is 11.9 Å². The number of carbonyl (C=O) groups is 1. The maximum Gasteiger partial charge on any atom is 0.277 e. The van der Waals surface area contributed by atoms with E-state index in [0.29, 0.717) is 23.8 Å². The number of ether oxygens (including phenoxy) is 2. The number of halogens is 1. The zero-order valence-electron chi connectivity index (χ0n) is 18.3. The molecule has 0 saturated heterocycles. The predicted molar refractivity (Wildman–Crippen MR) is 126 cm³/mol. The quantitative estimate of drug-likeness (QED) is 0.294. The van der Waals surface area contributed by atoms with Gasteiger partial charge in [0.2, 0.25) is 5.91 Å². The summed E-state index contributed by atoms with van der Waals surface area (Å²) in [7, 11) is 0. The van der Waals surface area contributed by atoms with E-state index >= 15 is 0 Å². The van der Waals surface area contributed by atoms with Gasteiger partial charge in [-0.15, -0.1) is 10.2 Å². The van der Waals surface area contributed by atoms with Gasteiger partial charge in [-0.1, -0.05) is 42.5 Å². The number of nitrogens with one attached hydrogen (secondary N) is 1. The van der Waals surface area contributed by atoms with Crippen LogP contribution in [0, 0.1) is 5.82 Å². The van der Waals surface area contributed by atoms with Crippen LogP contribution in [0.3, 0.4) is 0 Å². The number of nitrogens with zero attached hydrogens (tertiary/aromatic N) is 2. The van der Waals surface area contributed by atoms with Crippen molar-refractivity contribution in [2.24, 2.45) is 0 Å². The third kappa shape index (κ3) is 6.14. The van der Waals surface area contributed by atoms with Crippen LogP contribution in [-0.4, -0.2) is 22.7 Å². The zero-order valence-corrected chi connectivity index (χ0v) is 19.1. The molecule has 0 fully saturated rings. The van der Waals surface area contributed by atoms with Gasteiger partial charge in [-0.25, -0.2) is 4.39 Å². The van der Waals surface area contributed by atoms with Crippen molar-refractivity contribution in [3.8, 4) is 11.5 Å². The molecule has 3 aromatic carbocycles. The minimum absolute atomic E-state index is 0.0170.